The van der Waals surface area contributed by atoms with Gasteiger partial charge in [0, 0.05) is 40.5 Å². The second-order valence-electron chi connectivity index (χ2n) is 6.55. The molecule has 0 radical (unpaired) electrons. The van der Waals surface area contributed by atoms with Crippen molar-refractivity contribution >= 4 is 23.7 Å². The summed E-state index contributed by atoms with van der Waals surface area (Å²) in [5.41, 5.74) is 8.35. The van der Waals surface area contributed by atoms with Gasteiger partial charge in [-0.1, -0.05) is 6.92 Å². The van der Waals surface area contributed by atoms with Crippen molar-refractivity contribution in [3.63, 3.8) is 0 Å². The van der Waals surface area contributed by atoms with E-state index in [0.29, 0.717) is 23.0 Å². The largest absolute Gasteiger partial charge is 0.464 e. The molecule has 142 valence electrons. The van der Waals surface area contributed by atoms with E-state index in [1.165, 1.54) is 18.7 Å². The van der Waals surface area contributed by atoms with E-state index >= 15 is 0 Å². The number of rotatable bonds is 1. The normalized spacial score (nSPS) is 25.3. The smallest absolute Gasteiger partial charge is 0.323 e. The lowest BCUT2D eigenvalue weighted by atomic mass is 9.90. The number of thioether (sulfide) groups is 1. The predicted molar refractivity (Wildman–Crippen MR) is 96.8 cm³/mol. The summed E-state index contributed by atoms with van der Waals surface area (Å²) < 4.78 is 22.3. The molecule has 0 saturated heterocycles. The van der Waals surface area contributed by atoms with Crippen molar-refractivity contribution in [1.82, 2.24) is 0 Å². The van der Waals surface area contributed by atoms with Gasteiger partial charge in [-0.3, -0.25) is 9.59 Å². The van der Waals surface area contributed by atoms with Gasteiger partial charge >= 0.3 is 11.9 Å². The highest BCUT2D eigenvalue weighted by atomic mass is 32.2. The Morgan fingerprint density at radius 3 is 2.58 bits per heavy atom. The van der Waals surface area contributed by atoms with Gasteiger partial charge in [-0.05, 0) is 13.8 Å². The summed E-state index contributed by atoms with van der Waals surface area (Å²) in [6.45, 7) is 7.42. The number of ether oxygens (including phenoxy) is 4. The monoisotopic (exact) mass is 381 g/mol. The van der Waals surface area contributed by atoms with E-state index in [1.54, 1.807) is 0 Å². The van der Waals surface area contributed by atoms with Crippen molar-refractivity contribution in [2.75, 3.05) is 19.2 Å². The Bertz CT molecular complexity index is 750. The first-order chi connectivity index (χ1) is 12.3. The molecule has 7 nitrogen and oxygen atoms in total. The molecule has 3 rings (SSSR count). The summed E-state index contributed by atoms with van der Waals surface area (Å²) in [4.78, 5) is 23.7. The van der Waals surface area contributed by atoms with Crippen molar-refractivity contribution in [3.05, 3.63) is 16.7 Å². The second kappa shape index (κ2) is 7.36. The van der Waals surface area contributed by atoms with Crippen LogP contribution >= 0.6 is 11.8 Å². The molecular weight excluding hydrogens is 358 g/mol. The molecular formula is C18H23NO6S. The van der Waals surface area contributed by atoms with Crippen LogP contribution in [0.25, 0.3) is 0 Å². The van der Waals surface area contributed by atoms with Crippen LogP contribution in [0.3, 0.4) is 0 Å². The van der Waals surface area contributed by atoms with Crippen LogP contribution in [0.1, 0.15) is 48.6 Å². The quantitative estimate of drug-likeness (QED) is 0.585. The highest BCUT2D eigenvalue weighted by molar-refractivity contribution is 7.99. The molecule has 0 fully saturated rings. The maximum Gasteiger partial charge on any atom is 0.323 e. The molecule has 2 heterocycles. The van der Waals surface area contributed by atoms with Gasteiger partial charge in [-0.2, -0.15) is 11.8 Å². The highest BCUT2D eigenvalue weighted by Crippen LogP contribution is 2.53. The first kappa shape index (κ1) is 18.8. The molecule has 26 heavy (non-hydrogen) atoms. The van der Waals surface area contributed by atoms with Crippen molar-refractivity contribution in [2.24, 2.45) is 5.73 Å². The topological polar surface area (TPSA) is 97.1 Å². The van der Waals surface area contributed by atoms with Gasteiger partial charge in [0.15, 0.2) is 11.5 Å². The molecule has 0 aromatic heterocycles. The molecule has 2 aliphatic heterocycles. The molecule has 2 aliphatic rings. The van der Waals surface area contributed by atoms with Crippen LogP contribution in [0, 0.1) is 6.92 Å². The molecule has 1 aromatic carbocycles. The van der Waals surface area contributed by atoms with Crippen molar-refractivity contribution in [1.29, 1.82) is 0 Å². The summed E-state index contributed by atoms with van der Waals surface area (Å²) in [7, 11) is 0. The number of carbonyl (C=O) groups is 2. The van der Waals surface area contributed by atoms with Gasteiger partial charge in [0.2, 0.25) is 6.79 Å². The molecule has 3 atom stereocenters. The lowest BCUT2D eigenvalue weighted by Gasteiger charge is -2.28. The van der Waals surface area contributed by atoms with E-state index in [4.69, 9.17) is 24.7 Å². The summed E-state index contributed by atoms with van der Waals surface area (Å²) in [6, 6.07) is -0.691. The Hall–Kier alpha value is -1.93. The number of carbonyl (C=O) groups excluding carboxylic acids is 2. The van der Waals surface area contributed by atoms with E-state index in [2.05, 4.69) is 0 Å². The van der Waals surface area contributed by atoms with Gasteiger partial charge in [0.05, 0.1) is 6.61 Å². The molecule has 0 spiro atoms. The van der Waals surface area contributed by atoms with Crippen LogP contribution < -0.4 is 19.9 Å². The van der Waals surface area contributed by atoms with Crippen LogP contribution in [0.2, 0.25) is 0 Å². The third kappa shape index (κ3) is 3.35. The van der Waals surface area contributed by atoms with Crippen LogP contribution in [0.15, 0.2) is 0 Å². The van der Waals surface area contributed by atoms with E-state index in [0.717, 1.165) is 16.7 Å². The third-order valence-electron chi connectivity index (χ3n) is 4.52. The van der Waals surface area contributed by atoms with Crippen LogP contribution in [0.5, 0.6) is 17.2 Å². The van der Waals surface area contributed by atoms with Crippen molar-refractivity contribution in [3.8, 4) is 17.2 Å². The fraction of sp³-hybridized carbons (Fsp3) is 0.556. The van der Waals surface area contributed by atoms with Gasteiger partial charge in [0.1, 0.15) is 11.8 Å². The molecule has 2 N–H and O–H groups in total. The zero-order chi connectivity index (χ0) is 19.0. The molecule has 0 bridgehead atoms. The van der Waals surface area contributed by atoms with Gasteiger partial charge < -0.3 is 24.7 Å². The number of esters is 2. The average Bonchev–Trinajstić information content (AvgIpc) is 3.07. The number of nitrogens with two attached hydrogens (primary N) is 1. The zero-order valence-corrected chi connectivity index (χ0v) is 16.1. The van der Waals surface area contributed by atoms with Gasteiger partial charge in [-0.15, -0.1) is 0 Å². The molecule has 0 amide bonds. The molecule has 0 saturated carbocycles. The lowest BCUT2D eigenvalue weighted by Crippen LogP contribution is -2.36. The maximum absolute atomic E-state index is 12.0. The zero-order valence-electron chi connectivity index (χ0n) is 15.3. The molecule has 0 aliphatic carbocycles. The Labute approximate surface area is 156 Å². The Morgan fingerprint density at radius 2 is 1.88 bits per heavy atom. The Balaban J connectivity index is 2.21. The number of cyclic esters (lactones) is 1. The summed E-state index contributed by atoms with van der Waals surface area (Å²) in [6.07, 6.45) is 0. The molecule has 8 heteroatoms. The van der Waals surface area contributed by atoms with Gasteiger partial charge in [0.25, 0.3) is 0 Å². The maximum atomic E-state index is 12.0. The third-order valence-corrected chi connectivity index (χ3v) is 5.81. The fourth-order valence-electron chi connectivity index (χ4n) is 3.27. The van der Waals surface area contributed by atoms with E-state index in [-0.39, 0.29) is 24.6 Å². The fourth-order valence-corrected chi connectivity index (χ4v) is 4.30. The number of benzene rings is 1. The van der Waals surface area contributed by atoms with Crippen molar-refractivity contribution in [2.45, 2.75) is 44.9 Å². The second-order valence-corrected chi connectivity index (χ2v) is 7.93. The Kier molecular flexibility index (Phi) is 5.34. The Morgan fingerprint density at radius 1 is 1.19 bits per heavy atom. The molecule has 3 unspecified atom stereocenters. The summed E-state index contributed by atoms with van der Waals surface area (Å²) in [5, 5.41) is -0.0630. The standard InChI is InChI=1S/C18H23NO6S/c1-8-5-22-18(21)12(19)6-26-10(3)14-13(8)17-16(23-7-24-17)9(2)15(14)25-11(4)20/h8,10,12H,5-7,19H2,1-4H3. The van der Waals surface area contributed by atoms with Crippen LogP contribution in [-0.4, -0.2) is 37.1 Å². The number of hydrogen-bond donors (Lipinski definition) is 1. The van der Waals surface area contributed by atoms with Crippen LogP contribution in [-0.2, 0) is 14.3 Å². The summed E-state index contributed by atoms with van der Waals surface area (Å²) >= 11 is 1.51. The van der Waals surface area contributed by atoms with Crippen LogP contribution in [0.4, 0.5) is 0 Å². The van der Waals surface area contributed by atoms with E-state index in [1.807, 2.05) is 20.8 Å². The highest BCUT2D eigenvalue weighted by Gasteiger charge is 2.35. The van der Waals surface area contributed by atoms with E-state index in [9.17, 15) is 9.59 Å². The first-order valence-electron chi connectivity index (χ1n) is 8.49. The average molecular weight is 381 g/mol. The summed E-state index contributed by atoms with van der Waals surface area (Å²) in [5.74, 6) is 1.11. The van der Waals surface area contributed by atoms with E-state index < -0.39 is 18.0 Å². The lowest BCUT2D eigenvalue weighted by molar-refractivity contribution is -0.145. The molecule has 1 aromatic rings. The number of fused-ring (bicyclic) bond motifs is 3. The minimum atomic E-state index is -0.691. The minimum Gasteiger partial charge on any atom is -0.464 e. The minimum absolute atomic E-state index is 0.0630. The van der Waals surface area contributed by atoms with Crippen molar-refractivity contribution < 1.29 is 28.5 Å². The SMILES string of the molecule is CC(=O)Oc1c(C)c2c(c3c1C(C)SCC(N)C(=O)OCC3C)OCO2. The van der Waals surface area contributed by atoms with Gasteiger partial charge in [-0.25, -0.2) is 0 Å². The number of hydrogen-bond acceptors (Lipinski definition) is 8. The first-order valence-corrected chi connectivity index (χ1v) is 9.54. The predicted octanol–water partition coefficient (Wildman–Crippen LogP) is 2.43.